The third-order valence-corrected chi connectivity index (χ3v) is 8.64. The number of hydrogen-bond acceptors (Lipinski definition) is 8. The number of nitrogens with zero attached hydrogens (tertiary/aromatic N) is 3. The second kappa shape index (κ2) is 21.2. The van der Waals surface area contributed by atoms with E-state index in [0.717, 1.165) is 12.8 Å². The number of anilines is 1. The minimum atomic E-state index is -3.24. The highest BCUT2D eigenvalue weighted by molar-refractivity contribution is 7.53. The molecule has 0 aliphatic carbocycles. The van der Waals surface area contributed by atoms with Gasteiger partial charge in [-0.15, -0.1) is 0 Å². The highest BCUT2D eigenvalue weighted by atomic mass is 31.2. The molecule has 0 bridgehead atoms. The van der Waals surface area contributed by atoms with E-state index in [0.29, 0.717) is 6.61 Å². The van der Waals surface area contributed by atoms with Gasteiger partial charge >= 0.3 is 13.3 Å². The number of ether oxygens (including phenoxy) is 1. The van der Waals surface area contributed by atoms with Gasteiger partial charge in [-0.2, -0.15) is 4.98 Å². The van der Waals surface area contributed by atoms with Gasteiger partial charge in [-0.1, -0.05) is 103 Å². The summed E-state index contributed by atoms with van der Waals surface area (Å²) in [6, 6.07) is 0. The van der Waals surface area contributed by atoms with Gasteiger partial charge in [0.2, 0.25) is 5.95 Å². The van der Waals surface area contributed by atoms with E-state index in [9.17, 15) is 9.36 Å². The van der Waals surface area contributed by atoms with Crippen molar-refractivity contribution in [2.75, 3.05) is 25.3 Å². The fourth-order valence-electron chi connectivity index (χ4n) is 4.63. The number of nitrogen functional groups attached to an aromatic ring is 1. The summed E-state index contributed by atoms with van der Waals surface area (Å²) in [6.07, 6.45) is 28.6. The van der Waals surface area contributed by atoms with Crippen molar-refractivity contribution in [1.29, 1.82) is 0 Å². The SMILES string of the molecule is CCCCCCCC/C=C/CCCCCCCCCCCCOP1(=O)CO[C@@H](Cn2cnc(N)nc2=O)CO1. The van der Waals surface area contributed by atoms with E-state index in [1.807, 2.05) is 0 Å². The molecule has 10 heteroatoms. The van der Waals surface area contributed by atoms with Crippen LogP contribution in [0.5, 0.6) is 0 Å². The lowest BCUT2D eigenvalue weighted by Crippen LogP contribution is -2.35. The van der Waals surface area contributed by atoms with E-state index in [1.165, 1.54) is 114 Å². The van der Waals surface area contributed by atoms with Crippen molar-refractivity contribution >= 4 is 13.5 Å². The van der Waals surface area contributed by atoms with E-state index in [2.05, 4.69) is 29.0 Å². The van der Waals surface area contributed by atoms with E-state index < -0.39 is 19.4 Å². The molecule has 1 saturated heterocycles. The summed E-state index contributed by atoms with van der Waals surface area (Å²) < 4.78 is 30.6. The second-order valence-corrected chi connectivity index (χ2v) is 12.7. The molecule has 1 aromatic heterocycles. The van der Waals surface area contributed by atoms with Gasteiger partial charge in [0.1, 0.15) is 18.8 Å². The zero-order valence-electron chi connectivity index (χ0n) is 24.3. The Labute approximate surface area is 235 Å². The highest BCUT2D eigenvalue weighted by Crippen LogP contribution is 2.51. The monoisotopic (exact) mass is 568 g/mol. The Morgan fingerprint density at radius 2 is 1.51 bits per heavy atom. The molecule has 0 amide bonds. The van der Waals surface area contributed by atoms with Crippen LogP contribution in [0.3, 0.4) is 0 Å². The Balaban J connectivity index is 1.34. The number of nitrogens with two attached hydrogens (primary N) is 1. The fourth-order valence-corrected chi connectivity index (χ4v) is 6.05. The van der Waals surface area contributed by atoms with E-state index in [-0.39, 0.29) is 25.4 Å². The third-order valence-electron chi connectivity index (χ3n) is 7.06. The molecular weight excluding hydrogens is 515 g/mol. The standard InChI is InChI=1S/C29H53N4O5P/c1-2-3-4-5-6-7-8-9-10-11-12-13-14-15-16-17-18-19-20-21-22-37-39(35)26-36-27(24-38-39)23-33-25-31-28(30)32-29(33)34/h9-10,25,27H,2-8,11-24,26H2,1H3,(H2,30,32,34)/b10-9+/t27-,39?/m0/s1. The van der Waals surface area contributed by atoms with Crippen molar-refractivity contribution in [3.8, 4) is 0 Å². The van der Waals surface area contributed by atoms with Crippen molar-refractivity contribution in [3.05, 3.63) is 29.0 Å². The predicted octanol–water partition coefficient (Wildman–Crippen LogP) is 7.40. The summed E-state index contributed by atoms with van der Waals surface area (Å²) in [5, 5.41) is 0. The van der Waals surface area contributed by atoms with Gasteiger partial charge in [-0.05, 0) is 32.1 Å². The number of unbranched alkanes of at least 4 members (excludes halogenated alkanes) is 16. The summed E-state index contributed by atoms with van der Waals surface area (Å²) in [4.78, 5) is 19.2. The second-order valence-electron chi connectivity index (χ2n) is 10.7. The largest absolute Gasteiger partial charge is 0.368 e. The summed E-state index contributed by atoms with van der Waals surface area (Å²) in [5.74, 6) is -0.0713. The van der Waals surface area contributed by atoms with E-state index in [1.54, 1.807) is 0 Å². The van der Waals surface area contributed by atoms with Crippen LogP contribution < -0.4 is 11.4 Å². The maximum absolute atomic E-state index is 12.7. The first-order valence-corrected chi connectivity index (χ1v) is 17.1. The van der Waals surface area contributed by atoms with Gasteiger partial charge in [0, 0.05) is 0 Å². The molecule has 2 atom stereocenters. The molecule has 1 aliphatic heterocycles. The quantitative estimate of drug-likeness (QED) is 0.0824. The molecule has 2 heterocycles. The van der Waals surface area contributed by atoms with E-state index in [4.69, 9.17) is 19.5 Å². The molecule has 0 aromatic carbocycles. The van der Waals surface area contributed by atoms with Gasteiger partial charge in [-0.25, -0.2) is 9.78 Å². The summed E-state index contributed by atoms with van der Waals surface area (Å²) in [5.41, 5.74) is 4.89. The first-order chi connectivity index (χ1) is 19.0. The highest BCUT2D eigenvalue weighted by Gasteiger charge is 2.33. The number of rotatable bonds is 23. The predicted molar refractivity (Wildman–Crippen MR) is 158 cm³/mol. The normalized spacial score (nSPS) is 19.7. The van der Waals surface area contributed by atoms with Crippen LogP contribution in [0.15, 0.2) is 23.3 Å². The van der Waals surface area contributed by atoms with Crippen molar-refractivity contribution in [3.63, 3.8) is 0 Å². The molecule has 39 heavy (non-hydrogen) atoms. The zero-order chi connectivity index (χ0) is 28.0. The molecule has 0 radical (unpaired) electrons. The maximum atomic E-state index is 12.7. The molecule has 0 saturated carbocycles. The van der Waals surface area contributed by atoms with Crippen molar-refractivity contribution in [1.82, 2.24) is 14.5 Å². The van der Waals surface area contributed by atoms with Gasteiger partial charge < -0.3 is 19.5 Å². The summed E-state index contributed by atoms with van der Waals surface area (Å²) in [7, 11) is -3.24. The van der Waals surface area contributed by atoms with Crippen LogP contribution in [-0.2, 0) is 24.9 Å². The summed E-state index contributed by atoms with van der Waals surface area (Å²) >= 11 is 0. The average Bonchev–Trinajstić information content (AvgIpc) is 2.92. The summed E-state index contributed by atoms with van der Waals surface area (Å²) in [6.45, 7) is 2.97. The lowest BCUT2D eigenvalue weighted by atomic mass is 10.1. The Morgan fingerprint density at radius 3 is 2.05 bits per heavy atom. The minimum Gasteiger partial charge on any atom is -0.368 e. The van der Waals surface area contributed by atoms with Crippen LogP contribution in [0.25, 0.3) is 0 Å². The van der Waals surface area contributed by atoms with E-state index >= 15 is 0 Å². The lowest BCUT2D eigenvalue weighted by molar-refractivity contribution is -0.0147. The first-order valence-electron chi connectivity index (χ1n) is 15.4. The molecular formula is C29H53N4O5P. The molecule has 1 aromatic rings. The van der Waals surface area contributed by atoms with Gasteiger partial charge in [0.05, 0.1) is 19.8 Å². The Kier molecular flexibility index (Phi) is 18.3. The Bertz CT molecular complexity index is 883. The topological polar surface area (TPSA) is 119 Å². The van der Waals surface area contributed by atoms with Crippen LogP contribution in [0, 0.1) is 0 Å². The number of allylic oxidation sites excluding steroid dienone is 2. The van der Waals surface area contributed by atoms with Crippen LogP contribution in [0.4, 0.5) is 5.95 Å². The smallest absolute Gasteiger partial charge is 0.356 e. The van der Waals surface area contributed by atoms with Crippen LogP contribution in [-0.4, -0.2) is 40.2 Å². The lowest BCUT2D eigenvalue weighted by Gasteiger charge is -2.29. The molecule has 1 fully saturated rings. The molecule has 1 unspecified atom stereocenters. The third kappa shape index (κ3) is 16.3. The Morgan fingerprint density at radius 1 is 0.949 bits per heavy atom. The zero-order valence-corrected chi connectivity index (χ0v) is 25.2. The first kappa shape index (κ1) is 33.7. The average molecular weight is 569 g/mol. The molecule has 2 rings (SSSR count). The molecule has 2 N–H and O–H groups in total. The number of hydrogen-bond donors (Lipinski definition) is 1. The molecule has 0 spiro atoms. The van der Waals surface area contributed by atoms with Crippen LogP contribution in [0.1, 0.15) is 122 Å². The van der Waals surface area contributed by atoms with Crippen molar-refractivity contribution in [2.45, 2.75) is 135 Å². The minimum absolute atomic E-state index is 0.0713. The van der Waals surface area contributed by atoms with Crippen LogP contribution >= 0.6 is 7.60 Å². The van der Waals surface area contributed by atoms with Gasteiger partial charge in [-0.3, -0.25) is 9.13 Å². The van der Waals surface area contributed by atoms with Crippen molar-refractivity contribution in [2.24, 2.45) is 0 Å². The molecule has 224 valence electrons. The van der Waals surface area contributed by atoms with Crippen molar-refractivity contribution < 1.29 is 18.3 Å². The number of aromatic nitrogens is 3. The maximum Gasteiger partial charge on any atom is 0.356 e. The fraction of sp³-hybridized carbons (Fsp3) is 0.828. The van der Waals surface area contributed by atoms with Gasteiger partial charge in [0.25, 0.3) is 0 Å². The van der Waals surface area contributed by atoms with Gasteiger partial charge in [0.15, 0.2) is 0 Å². The van der Waals surface area contributed by atoms with Crippen LogP contribution in [0.2, 0.25) is 0 Å². The molecule has 9 nitrogen and oxygen atoms in total. The Hall–Kier alpha value is -1.54. The molecule has 1 aliphatic rings.